The zero-order valence-electron chi connectivity index (χ0n) is 15.4. The fourth-order valence-electron chi connectivity index (χ4n) is 3.27. The molecule has 1 atom stereocenters. The maximum atomic E-state index is 12.3. The van der Waals surface area contributed by atoms with Gasteiger partial charge in [-0.25, -0.2) is 17.9 Å². The van der Waals surface area contributed by atoms with Gasteiger partial charge >= 0.3 is 12.0 Å². The molecule has 0 bridgehead atoms. The summed E-state index contributed by atoms with van der Waals surface area (Å²) in [6.07, 6.45) is 2.41. The molecule has 0 spiro atoms. The molecule has 0 saturated carbocycles. The smallest absolute Gasteiger partial charge is 0.321 e. The van der Waals surface area contributed by atoms with Crippen molar-refractivity contribution in [3.8, 4) is 0 Å². The number of carboxylic acid groups (broad SMARTS) is 1. The van der Waals surface area contributed by atoms with E-state index in [2.05, 4.69) is 10.0 Å². The van der Waals surface area contributed by atoms with Crippen molar-refractivity contribution in [2.45, 2.75) is 37.5 Å². The number of nitrogens with one attached hydrogen (secondary N) is 2. The van der Waals surface area contributed by atoms with Crippen molar-refractivity contribution in [2.75, 3.05) is 20.1 Å². The highest BCUT2D eigenvalue weighted by atomic mass is 32.2. The van der Waals surface area contributed by atoms with Gasteiger partial charge in [-0.3, -0.25) is 4.79 Å². The van der Waals surface area contributed by atoms with Crippen LogP contribution < -0.4 is 10.0 Å². The second-order valence-corrected chi connectivity index (χ2v) is 8.57. The number of carbonyl (C=O) groups excluding carboxylic acids is 1. The second-order valence-electron chi connectivity index (χ2n) is 6.82. The van der Waals surface area contributed by atoms with Gasteiger partial charge in [0.15, 0.2) is 0 Å². The standard InChI is InChI=1S/C18H27N3O5S/c1-19-18(24)21-11-9-14(10-12-21)7-8-16(17(22)23)20-27(25,26)13-15-5-3-2-4-6-15/h2-6,14,16,20H,7-13H2,1H3,(H,19,24)(H,22,23). The normalized spacial score (nSPS) is 16.7. The predicted octanol–water partition coefficient (Wildman–Crippen LogP) is 1.39. The summed E-state index contributed by atoms with van der Waals surface area (Å²) in [6, 6.07) is 7.40. The third-order valence-electron chi connectivity index (χ3n) is 4.80. The Balaban J connectivity index is 1.85. The molecule has 1 aliphatic heterocycles. The van der Waals surface area contributed by atoms with Gasteiger partial charge in [-0.1, -0.05) is 30.3 Å². The Morgan fingerprint density at radius 3 is 2.41 bits per heavy atom. The first-order valence-corrected chi connectivity index (χ1v) is 10.7. The molecule has 2 rings (SSSR count). The average molecular weight is 397 g/mol. The van der Waals surface area contributed by atoms with Crippen LogP contribution in [-0.4, -0.2) is 56.6 Å². The predicted molar refractivity (Wildman–Crippen MR) is 102 cm³/mol. The molecule has 2 amide bonds. The van der Waals surface area contributed by atoms with Gasteiger partial charge in [0.1, 0.15) is 6.04 Å². The van der Waals surface area contributed by atoms with Crippen molar-refractivity contribution in [3.63, 3.8) is 0 Å². The van der Waals surface area contributed by atoms with Crippen LogP contribution in [0.2, 0.25) is 0 Å². The van der Waals surface area contributed by atoms with Gasteiger partial charge in [-0.15, -0.1) is 0 Å². The molecular formula is C18H27N3O5S. The number of urea groups is 1. The highest BCUT2D eigenvalue weighted by Crippen LogP contribution is 2.23. The first kappa shape index (κ1) is 21.2. The number of hydrogen-bond acceptors (Lipinski definition) is 4. The molecule has 0 aliphatic carbocycles. The van der Waals surface area contributed by atoms with Crippen LogP contribution in [0, 0.1) is 5.92 Å². The maximum Gasteiger partial charge on any atom is 0.321 e. The summed E-state index contributed by atoms with van der Waals surface area (Å²) in [4.78, 5) is 24.8. The van der Waals surface area contributed by atoms with Crippen LogP contribution in [0.4, 0.5) is 4.79 Å². The number of benzene rings is 1. The summed E-state index contributed by atoms with van der Waals surface area (Å²) in [5, 5.41) is 12.0. The van der Waals surface area contributed by atoms with E-state index in [-0.39, 0.29) is 24.1 Å². The van der Waals surface area contributed by atoms with Gasteiger partial charge in [0, 0.05) is 20.1 Å². The molecule has 9 heteroatoms. The number of sulfonamides is 1. The van der Waals surface area contributed by atoms with Crippen LogP contribution in [0.5, 0.6) is 0 Å². The van der Waals surface area contributed by atoms with E-state index in [1.54, 1.807) is 42.3 Å². The fraction of sp³-hybridized carbons (Fsp3) is 0.556. The van der Waals surface area contributed by atoms with Crippen molar-refractivity contribution in [1.29, 1.82) is 0 Å². The molecule has 1 saturated heterocycles. The number of rotatable bonds is 8. The van der Waals surface area contributed by atoms with E-state index in [1.165, 1.54) is 0 Å². The summed E-state index contributed by atoms with van der Waals surface area (Å²) < 4.78 is 26.9. The zero-order valence-corrected chi connectivity index (χ0v) is 16.2. The molecule has 1 heterocycles. The Labute approximate surface area is 160 Å². The van der Waals surface area contributed by atoms with Crippen molar-refractivity contribution < 1.29 is 23.1 Å². The van der Waals surface area contributed by atoms with Crippen LogP contribution in [0.25, 0.3) is 0 Å². The number of hydrogen-bond donors (Lipinski definition) is 3. The van der Waals surface area contributed by atoms with E-state index in [0.717, 1.165) is 12.8 Å². The monoisotopic (exact) mass is 397 g/mol. The van der Waals surface area contributed by atoms with Crippen LogP contribution in [0.3, 0.4) is 0 Å². The molecule has 0 radical (unpaired) electrons. The first-order valence-electron chi connectivity index (χ1n) is 9.04. The minimum absolute atomic E-state index is 0.106. The van der Waals surface area contributed by atoms with E-state index in [4.69, 9.17) is 0 Å². The SMILES string of the molecule is CNC(=O)N1CCC(CCC(NS(=O)(=O)Cc2ccccc2)C(=O)O)CC1. The van der Waals surface area contributed by atoms with Gasteiger partial charge in [-0.2, -0.15) is 0 Å². The summed E-state index contributed by atoms with van der Waals surface area (Å²) in [5.41, 5.74) is 0.607. The number of nitrogens with zero attached hydrogens (tertiary/aromatic N) is 1. The number of carboxylic acids is 1. The van der Waals surface area contributed by atoms with Gasteiger partial charge in [0.25, 0.3) is 0 Å². The lowest BCUT2D eigenvalue weighted by Gasteiger charge is -2.32. The Morgan fingerprint density at radius 2 is 1.85 bits per heavy atom. The molecule has 3 N–H and O–H groups in total. The van der Waals surface area contributed by atoms with Gasteiger partial charge in [0.05, 0.1) is 5.75 Å². The summed E-state index contributed by atoms with van der Waals surface area (Å²) in [5.74, 6) is -1.14. The Bertz CT molecular complexity index is 731. The number of aliphatic carboxylic acids is 1. The number of carbonyl (C=O) groups is 2. The second kappa shape index (κ2) is 9.70. The van der Waals surface area contributed by atoms with Gasteiger partial charge in [-0.05, 0) is 37.2 Å². The van der Waals surface area contributed by atoms with E-state index < -0.39 is 22.0 Å². The third kappa shape index (κ3) is 6.84. The molecule has 1 aliphatic rings. The lowest BCUT2D eigenvalue weighted by atomic mass is 9.91. The van der Waals surface area contributed by atoms with Crippen molar-refractivity contribution in [3.05, 3.63) is 35.9 Å². The Hall–Kier alpha value is -2.13. The van der Waals surface area contributed by atoms with E-state index in [1.807, 2.05) is 0 Å². The van der Waals surface area contributed by atoms with E-state index in [9.17, 15) is 23.1 Å². The third-order valence-corrected chi connectivity index (χ3v) is 6.16. The van der Waals surface area contributed by atoms with Crippen LogP contribution in [0.1, 0.15) is 31.2 Å². The highest BCUT2D eigenvalue weighted by molar-refractivity contribution is 7.88. The van der Waals surface area contributed by atoms with E-state index in [0.29, 0.717) is 25.1 Å². The molecule has 0 aromatic heterocycles. The fourth-order valence-corrected chi connectivity index (χ4v) is 4.64. The van der Waals surface area contributed by atoms with E-state index >= 15 is 0 Å². The molecule has 27 heavy (non-hydrogen) atoms. The van der Waals surface area contributed by atoms with Crippen molar-refractivity contribution >= 4 is 22.0 Å². The van der Waals surface area contributed by atoms with Gasteiger partial charge in [0.2, 0.25) is 10.0 Å². The van der Waals surface area contributed by atoms with Gasteiger partial charge < -0.3 is 15.3 Å². The summed E-state index contributed by atoms with van der Waals surface area (Å²) in [7, 11) is -2.16. The largest absolute Gasteiger partial charge is 0.480 e. The quantitative estimate of drug-likeness (QED) is 0.613. The minimum Gasteiger partial charge on any atom is -0.480 e. The summed E-state index contributed by atoms with van der Waals surface area (Å²) in [6.45, 7) is 1.25. The Kier molecular flexibility index (Phi) is 7.61. The molecule has 1 unspecified atom stereocenters. The number of piperidine rings is 1. The number of likely N-dealkylation sites (tertiary alicyclic amines) is 1. The van der Waals surface area contributed by atoms with Crippen LogP contribution in [0.15, 0.2) is 30.3 Å². The maximum absolute atomic E-state index is 12.3. The van der Waals surface area contributed by atoms with Crippen molar-refractivity contribution in [2.24, 2.45) is 5.92 Å². The molecule has 1 fully saturated rings. The first-order chi connectivity index (χ1) is 12.8. The summed E-state index contributed by atoms with van der Waals surface area (Å²) >= 11 is 0. The lowest BCUT2D eigenvalue weighted by molar-refractivity contribution is -0.139. The van der Waals surface area contributed by atoms with Crippen molar-refractivity contribution in [1.82, 2.24) is 14.9 Å². The van der Waals surface area contributed by atoms with Crippen LogP contribution in [-0.2, 0) is 20.6 Å². The number of amides is 2. The molecule has 1 aromatic rings. The zero-order chi connectivity index (χ0) is 19.9. The molecule has 8 nitrogen and oxygen atoms in total. The topological polar surface area (TPSA) is 116 Å². The highest BCUT2D eigenvalue weighted by Gasteiger charge is 2.27. The average Bonchev–Trinajstić information content (AvgIpc) is 2.65. The molecular weight excluding hydrogens is 370 g/mol. The molecule has 1 aromatic carbocycles. The van der Waals surface area contributed by atoms with Crippen LogP contribution >= 0.6 is 0 Å². The molecule has 150 valence electrons. The Morgan fingerprint density at radius 1 is 1.22 bits per heavy atom. The minimum atomic E-state index is -3.75. The lowest BCUT2D eigenvalue weighted by Crippen LogP contribution is -2.44.